The van der Waals surface area contributed by atoms with Crippen LogP contribution in [0, 0.1) is 0 Å². The monoisotopic (exact) mass is 227 g/mol. The van der Waals surface area contributed by atoms with E-state index in [1.807, 2.05) is 0 Å². The second-order valence-electron chi connectivity index (χ2n) is 4.12. The summed E-state index contributed by atoms with van der Waals surface area (Å²) in [6.07, 6.45) is 2.23. The summed E-state index contributed by atoms with van der Waals surface area (Å²) in [7, 11) is 0. The number of hydrogen-bond acceptors (Lipinski definition) is 4. The van der Waals surface area contributed by atoms with Gasteiger partial charge in [-0.1, -0.05) is 0 Å². The van der Waals surface area contributed by atoms with Gasteiger partial charge in [-0.2, -0.15) is 0 Å². The van der Waals surface area contributed by atoms with Gasteiger partial charge in [-0.05, 0) is 12.8 Å². The van der Waals surface area contributed by atoms with Crippen molar-refractivity contribution in [3.63, 3.8) is 0 Å². The lowest BCUT2D eigenvalue weighted by molar-refractivity contribution is -0.126. The first kappa shape index (κ1) is 11.3. The highest BCUT2D eigenvalue weighted by molar-refractivity contribution is 5.86. The first-order valence-electron chi connectivity index (χ1n) is 5.65. The van der Waals surface area contributed by atoms with E-state index in [0.717, 1.165) is 19.4 Å². The lowest BCUT2D eigenvalue weighted by Gasteiger charge is -2.23. The maximum Gasteiger partial charge on any atom is 0.239 e. The van der Waals surface area contributed by atoms with Crippen LogP contribution in [-0.2, 0) is 14.3 Å². The van der Waals surface area contributed by atoms with Crippen LogP contribution >= 0.6 is 0 Å². The summed E-state index contributed by atoms with van der Waals surface area (Å²) in [6.45, 7) is 1.91. The third kappa shape index (κ3) is 2.93. The van der Waals surface area contributed by atoms with E-state index in [1.165, 1.54) is 0 Å². The summed E-state index contributed by atoms with van der Waals surface area (Å²) in [5.74, 6) is -0.140. The standard InChI is InChI=1S/C10H17N3O3/c14-9-6-11-8(5-12-9)10(15)13-4-7-2-1-3-16-7/h7-8,11H,1-6H2,(H,12,14)(H,13,15). The molecule has 2 aliphatic heterocycles. The molecule has 0 aromatic carbocycles. The van der Waals surface area contributed by atoms with Crippen LogP contribution in [0.4, 0.5) is 0 Å². The Labute approximate surface area is 94.1 Å². The molecule has 6 heteroatoms. The van der Waals surface area contributed by atoms with Gasteiger partial charge in [0.05, 0.1) is 12.6 Å². The number of nitrogens with one attached hydrogen (secondary N) is 3. The van der Waals surface area contributed by atoms with E-state index in [2.05, 4.69) is 16.0 Å². The molecule has 90 valence electrons. The minimum atomic E-state index is -0.320. The molecule has 0 aromatic heterocycles. The zero-order chi connectivity index (χ0) is 11.4. The predicted octanol–water partition coefficient (Wildman–Crippen LogP) is -1.63. The molecule has 0 saturated carbocycles. The Morgan fingerprint density at radius 2 is 2.44 bits per heavy atom. The molecule has 16 heavy (non-hydrogen) atoms. The molecular formula is C10H17N3O3. The number of carbonyl (C=O) groups is 2. The Hall–Kier alpha value is -1.14. The highest BCUT2D eigenvalue weighted by atomic mass is 16.5. The van der Waals surface area contributed by atoms with Gasteiger partial charge in [-0.3, -0.25) is 14.9 Å². The third-order valence-corrected chi connectivity index (χ3v) is 2.86. The maximum atomic E-state index is 11.7. The Kier molecular flexibility index (Phi) is 3.74. The van der Waals surface area contributed by atoms with Crippen molar-refractivity contribution in [2.24, 2.45) is 0 Å². The quantitative estimate of drug-likeness (QED) is 0.541. The lowest BCUT2D eigenvalue weighted by atomic mass is 10.2. The first-order chi connectivity index (χ1) is 7.75. The van der Waals surface area contributed by atoms with Gasteiger partial charge in [0.1, 0.15) is 6.04 Å². The van der Waals surface area contributed by atoms with Crippen LogP contribution in [0.25, 0.3) is 0 Å². The van der Waals surface area contributed by atoms with Crippen LogP contribution in [0.3, 0.4) is 0 Å². The van der Waals surface area contributed by atoms with Crippen molar-refractivity contribution >= 4 is 11.8 Å². The molecule has 2 fully saturated rings. The summed E-state index contributed by atoms with van der Waals surface area (Å²) < 4.78 is 5.40. The molecule has 0 bridgehead atoms. The van der Waals surface area contributed by atoms with E-state index >= 15 is 0 Å². The summed E-state index contributed by atoms with van der Waals surface area (Å²) in [4.78, 5) is 22.6. The maximum absolute atomic E-state index is 11.7. The SMILES string of the molecule is O=C1CNC(C(=O)NCC2CCCO2)CN1. The molecule has 0 aromatic rings. The predicted molar refractivity (Wildman–Crippen MR) is 56.8 cm³/mol. The fourth-order valence-corrected chi connectivity index (χ4v) is 1.89. The molecule has 2 unspecified atom stereocenters. The Bertz CT molecular complexity index is 266. The van der Waals surface area contributed by atoms with E-state index in [1.54, 1.807) is 0 Å². The average molecular weight is 227 g/mol. The number of hydrogen-bond donors (Lipinski definition) is 3. The third-order valence-electron chi connectivity index (χ3n) is 2.86. The largest absolute Gasteiger partial charge is 0.376 e. The van der Waals surface area contributed by atoms with Crippen LogP contribution in [-0.4, -0.2) is 50.2 Å². The molecule has 2 aliphatic rings. The Morgan fingerprint density at radius 1 is 1.56 bits per heavy atom. The van der Waals surface area contributed by atoms with Crippen LogP contribution < -0.4 is 16.0 Å². The highest BCUT2D eigenvalue weighted by Gasteiger charge is 2.24. The summed E-state index contributed by atoms with van der Waals surface area (Å²) >= 11 is 0. The fourth-order valence-electron chi connectivity index (χ4n) is 1.89. The van der Waals surface area contributed by atoms with Gasteiger partial charge in [-0.15, -0.1) is 0 Å². The van der Waals surface area contributed by atoms with E-state index < -0.39 is 0 Å². The molecule has 2 heterocycles. The normalized spacial score (nSPS) is 29.9. The van der Waals surface area contributed by atoms with Gasteiger partial charge in [0.15, 0.2) is 0 Å². The second-order valence-corrected chi connectivity index (χ2v) is 4.12. The van der Waals surface area contributed by atoms with Gasteiger partial charge < -0.3 is 15.4 Å². The highest BCUT2D eigenvalue weighted by Crippen LogP contribution is 2.10. The van der Waals surface area contributed by atoms with Crippen molar-refractivity contribution in [2.45, 2.75) is 25.0 Å². The van der Waals surface area contributed by atoms with Gasteiger partial charge in [0, 0.05) is 19.7 Å². The molecule has 2 amide bonds. The van der Waals surface area contributed by atoms with E-state index in [-0.39, 0.29) is 30.5 Å². The number of amides is 2. The van der Waals surface area contributed by atoms with Crippen molar-refractivity contribution in [2.75, 3.05) is 26.2 Å². The average Bonchev–Trinajstić information content (AvgIpc) is 2.80. The zero-order valence-electron chi connectivity index (χ0n) is 9.12. The first-order valence-corrected chi connectivity index (χ1v) is 5.65. The molecule has 0 aliphatic carbocycles. The van der Waals surface area contributed by atoms with E-state index in [4.69, 9.17) is 4.74 Å². The molecule has 0 radical (unpaired) electrons. The molecule has 0 spiro atoms. The topological polar surface area (TPSA) is 79.5 Å². The molecule has 2 rings (SSSR count). The minimum absolute atomic E-state index is 0.0665. The lowest BCUT2D eigenvalue weighted by Crippen LogP contribution is -2.58. The van der Waals surface area contributed by atoms with E-state index in [9.17, 15) is 9.59 Å². The van der Waals surface area contributed by atoms with Crippen LogP contribution in [0.15, 0.2) is 0 Å². The second kappa shape index (κ2) is 5.27. The molecular weight excluding hydrogens is 210 g/mol. The van der Waals surface area contributed by atoms with Crippen molar-refractivity contribution in [1.82, 2.24) is 16.0 Å². The van der Waals surface area contributed by atoms with E-state index in [0.29, 0.717) is 13.1 Å². The van der Waals surface area contributed by atoms with Crippen molar-refractivity contribution < 1.29 is 14.3 Å². The fraction of sp³-hybridized carbons (Fsp3) is 0.800. The minimum Gasteiger partial charge on any atom is -0.376 e. The summed E-state index contributed by atoms with van der Waals surface area (Å²) in [5.41, 5.74) is 0. The Balaban J connectivity index is 1.68. The number of rotatable bonds is 3. The summed E-state index contributed by atoms with van der Waals surface area (Å²) in [5, 5.41) is 8.36. The van der Waals surface area contributed by atoms with Crippen LogP contribution in [0.1, 0.15) is 12.8 Å². The Morgan fingerprint density at radius 3 is 3.06 bits per heavy atom. The van der Waals surface area contributed by atoms with Crippen LogP contribution in [0.5, 0.6) is 0 Å². The van der Waals surface area contributed by atoms with Crippen molar-refractivity contribution in [3.05, 3.63) is 0 Å². The van der Waals surface area contributed by atoms with Gasteiger partial charge in [-0.25, -0.2) is 0 Å². The smallest absolute Gasteiger partial charge is 0.239 e. The number of piperazine rings is 1. The number of carbonyl (C=O) groups excluding carboxylic acids is 2. The molecule has 3 N–H and O–H groups in total. The van der Waals surface area contributed by atoms with Crippen molar-refractivity contribution in [1.29, 1.82) is 0 Å². The molecule has 2 saturated heterocycles. The zero-order valence-corrected chi connectivity index (χ0v) is 9.12. The molecule has 6 nitrogen and oxygen atoms in total. The summed E-state index contributed by atoms with van der Waals surface area (Å²) in [6, 6.07) is -0.320. The van der Waals surface area contributed by atoms with Gasteiger partial charge in [0.2, 0.25) is 11.8 Å². The van der Waals surface area contributed by atoms with Gasteiger partial charge in [0.25, 0.3) is 0 Å². The van der Waals surface area contributed by atoms with Gasteiger partial charge >= 0.3 is 0 Å². The van der Waals surface area contributed by atoms with Crippen LogP contribution in [0.2, 0.25) is 0 Å². The van der Waals surface area contributed by atoms with Crippen molar-refractivity contribution in [3.8, 4) is 0 Å². The molecule has 2 atom stereocenters. The number of ether oxygens (including phenoxy) is 1.